The number of β-amino-alcohol motifs (C(OH)–C–C–N with tert-alkyl or cyclic N) is 1. The van der Waals surface area contributed by atoms with Gasteiger partial charge < -0.3 is 65.6 Å². The Kier molecular flexibility index (Phi) is 21.6. The van der Waals surface area contributed by atoms with Crippen molar-refractivity contribution >= 4 is 51.8 Å². The maximum Gasteiger partial charge on any atom is 0.246 e. The maximum absolute atomic E-state index is 13.9. The number of nitrogens with zero attached hydrogens (tertiary/aromatic N) is 7. The van der Waals surface area contributed by atoms with Crippen LogP contribution in [0.5, 0.6) is 5.75 Å². The van der Waals surface area contributed by atoms with E-state index in [0.29, 0.717) is 93.6 Å². The summed E-state index contributed by atoms with van der Waals surface area (Å²) in [5.41, 5.74) is 10.5. The molecule has 1 fully saturated rings. The number of likely N-dealkylation sites (tertiary alicyclic amines) is 1. The molecular formula is C52H72N12O11S. The molecule has 3 unspecified atom stereocenters. The van der Waals surface area contributed by atoms with Gasteiger partial charge in [-0.2, -0.15) is 0 Å². The number of aromatic nitrogens is 6. The van der Waals surface area contributed by atoms with Gasteiger partial charge in [-0.3, -0.25) is 19.2 Å². The molecular weight excluding hydrogens is 1000 g/mol. The summed E-state index contributed by atoms with van der Waals surface area (Å²) < 4.78 is 29.5. The van der Waals surface area contributed by atoms with Crippen LogP contribution in [-0.2, 0) is 46.5 Å². The minimum Gasteiger partial charge on any atom is -0.490 e. The SMILES string of the molecule is CCn1c(-c2nonc2N)nc2c(C#CC(C)(C)O)ncc(OCCCNCCCC(=O)NCCOCCOCCOCC(=O)NC(C(=O)N3CC(O)CC3C(=O)NCc3ccc(-c4scnc4C)cc3)C(C)(C)C)c21. The third-order valence-corrected chi connectivity index (χ3v) is 13.0. The van der Waals surface area contributed by atoms with Crippen LogP contribution in [0.1, 0.15) is 84.2 Å². The van der Waals surface area contributed by atoms with Crippen LogP contribution in [0.25, 0.3) is 33.0 Å². The number of hydrogen-bond acceptors (Lipinski definition) is 19. The number of thiazole rings is 1. The summed E-state index contributed by atoms with van der Waals surface area (Å²) in [5, 5.41) is 40.2. The standard InChI is InChI=1S/C52H72N12O11S/c1-8-63-44-39(29-56-37(16-17-52(6,7)70)42(44)60-48(63)43-47(53)62-75-61-43)74-21-10-19-54-18-9-11-40(66)55-20-22-71-23-24-72-25-26-73-31-41(67)59-46(51(3,4)5)50(69)64-30-36(65)27-38(64)49(68)57-28-34-12-14-35(15-13-34)45-33(2)58-32-76-45/h12-15,29,32,36,38,46,54,65,70H,8-11,18-28,30-31H2,1-7H3,(H2,53,62)(H,55,66)(H,57,68)(H,59,67). The number of imidazole rings is 1. The molecule has 0 saturated carbocycles. The van der Waals surface area contributed by atoms with Crippen molar-refractivity contribution in [3.8, 4) is 39.5 Å². The fraction of sp³-hybridized carbons (Fsp3) is 0.558. The van der Waals surface area contributed by atoms with Gasteiger partial charge in [-0.15, -0.1) is 11.3 Å². The number of hydrogen-bond donors (Lipinski definition) is 7. The molecule has 5 aromatic rings. The summed E-state index contributed by atoms with van der Waals surface area (Å²) >= 11 is 1.56. The van der Waals surface area contributed by atoms with Crippen LogP contribution in [0.3, 0.4) is 0 Å². The molecule has 23 nitrogen and oxygen atoms in total. The molecule has 76 heavy (non-hydrogen) atoms. The number of aliphatic hydroxyl groups is 2. The van der Waals surface area contributed by atoms with Gasteiger partial charge >= 0.3 is 0 Å². The zero-order chi connectivity index (χ0) is 54.8. The number of nitrogens with one attached hydrogen (secondary N) is 4. The zero-order valence-corrected chi connectivity index (χ0v) is 45.2. The van der Waals surface area contributed by atoms with Gasteiger partial charge in [-0.1, -0.05) is 51.0 Å². The number of ether oxygens (including phenoxy) is 4. The lowest BCUT2D eigenvalue weighted by Gasteiger charge is -2.35. The molecule has 0 spiro atoms. The molecule has 8 N–H and O–H groups in total. The minimum absolute atomic E-state index is 0.0306. The first kappa shape index (κ1) is 58.7. The summed E-state index contributed by atoms with van der Waals surface area (Å²) in [4.78, 5) is 68.7. The van der Waals surface area contributed by atoms with Gasteiger partial charge in [-0.05, 0) is 86.4 Å². The van der Waals surface area contributed by atoms with Crippen molar-refractivity contribution in [3.05, 3.63) is 52.9 Å². The summed E-state index contributed by atoms with van der Waals surface area (Å²) in [5.74, 6) is 5.30. The number of pyridine rings is 1. The second-order valence-electron chi connectivity index (χ2n) is 19.8. The molecule has 1 aliphatic heterocycles. The number of amides is 4. The van der Waals surface area contributed by atoms with E-state index >= 15 is 0 Å². The van der Waals surface area contributed by atoms with E-state index in [1.165, 1.54) is 4.90 Å². The Labute approximate surface area is 446 Å². The number of nitrogen functional groups attached to an aromatic ring is 1. The number of carbonyl (C=O) groups excluding carboxylic acids is 4. The van der Waals surface area contributed by atoms with Crippen LogP contribution < -0.4 is 31.7 Å². The predicted octanol–water partition coefficient (Wildman–Crippen LogP) is 2.75. The molecule has 24 heteroatoms. The van der Waals surface area contributed by atoms with Gasteiger partial charge in [0.05, 0.1) is 68.0 Å². The fourth-order valence-corrected chi connectivity index (χ4v) is 8.99. The molecule has 0 bridgehead atoms. The Hall–Kier alpha value is -6.59. The van der Waals surface area contributed by atoms with E-state index in [1.807, 2.05) is 63.5 Å². The first-order chi connectivity index (χ1) is 36.3. The fourth-order valence-electron chi connectivity index (χ4n) is 8.18. The van der Waals surface area contributed by atoms with Crippen LogP contribution in [0.4, 0.5) is 5.82 Å². The van der Waals surface area contributed by atoms with Gasteiger partial charge in [0.25, 0.3) is 0 Å². The van der Waals surface area contributed by atoms with Crippen LogP contribution in [0.2, 0.25) is 0 Å². The summed E-state index contributed by atoms with van der Waals surface area (Å²) in [7, 11) is 0. The lowest BCUT2D eigenvalue weighted by Crippen LogP contribution is -2.58. The number of rotatable bonds is 28. The summed E-state index contributed by atoms with van der Waals surface area (Å²) in [6.45, 7) is 16.2. The number of nitrogens with two attached hydrogens (primary N) is 1. The Bertz CT molecular complexity index is 2770. The van der Waals surface area contributed by atoms with E-state index in [2.05, 4.69) is 53.4 Å². The van der Waals surface area contributed by atoms with E-state index in [0.717, 1.165) is 21.7 Å². The zero-order valence-electron chi connectivity index (χ0n) is 44.4. The van der Waals surface area contributed by atoms with Crippen molar-refractivity contribution in [1.82, 2.24) is 56.0 Å². The summed E-state index contributed by atoms with van der Waals surface area (Å²) in [6.07, 6.45) is 2.46. The first-order valence-corrected chi connectivity index (χ1v) is 26.3. The monoisotopic (exact) mass is 1070 g/mol. The Morgan fingerprint density at radius 3 is 2.33 bits per heavy atom. The highest BCUT2D eigenvalue weighted by Gasteiger charge is 2.44. The Morgan fingerprint density at radius 1 is 0.934 bits per heavy atom. The Morgan fingerprint density at radius 2 is 1.66 bits per heavy atom. The van der Waals surface area contributed by atoms with Gasteiger partial charge in [-0.25, -0.2) is 19.6 Å². The molecule has 6 rings (SSSR count). The smallest absolute Gasteiger partial charge is 0.246 e. The maximum atomic E-state index is 13.9. The van der Waals surface area contributed by atoms with Crippen molar-refractivity contribution in [2.24, 2.45) is 5.41 Å². The topological polar surface area (TPSA) is 306 Å². The van der Waals surface area contributed by atoms with Crippen LogP contribution in [0, 0.1) is 24.2 Å². The van der Waals surface area contributed by atoms with Crippen molar-refractivity contribution in [2.75, 3.05) is 78.2 Å². The predicted molar refractivity (Wildman–Crippen MR) is 283 cm³/mol. The third-order valence-electron chi connectivity index (χ3n) is 12.0. The lowest BCUT2D eigenvalue weighted by atomic mass is 9.85. The highest BCUT2D eigenvalue weighted by molar-refractivity contribution is 7.13. The largest absolute Gasteiger partial charge is 0.490 e. The van der Waals surface area contributed by atoms with Crippen molar-refractivity contribution < 1.29 is 53.0 Å². The van der Waals surface area contributed by atoms with E-state index < -0.39 is 41.0 Å². The van der Waals surface area contributed by atoms with Crippen molar-refractivity contribution in [2.45, 2.75) is 111 Å². The quantitative estimate of drug-likeness (QED) is 0.0280. The Balaban J connectivity index is 0.790. The molecule has 4 amide bonds. The highest BCUT2D eigenvalue weighted by Crippen LogP contribution is 2.34. The van der Waals surface area contributed by atoms with Gasteiger partial charge in [0.2, 0.25) is 23.6 Å². The second kappa shape index (κ2) is 28.0. The second-order valence-corrected chi connectivity index (χ2v) is 20.6. The molecule has 5 heterocycles. The van der Waals surface area contributed by atoms with Gasteiger partial charge in [0.15, 0.2) is 23.1 Å². The van der Waals surface area contributed by atoms with Crippen LogP contribution in [0.15, 0.2) is 40.6 Å². The molecule has 1 aliphatic rings. The number of anilines is 1. The average Bonchev–Trinajstić information content (AvgIpc) is 4.20. The molecule has 412 valence electrons. The average molecular weight is 1070 g/mol. The van der Waals surface area contributed by atoms with Crippen LogP contribution >= 0.6 is 11.3 Å². The number of fused-ring (bicyclic) bond motifs is 1. The number of aliphatic hydroxyl groups excluding tert-OH is 1. The highest BCUT2D eigenvalue weighted by atomic mass is 32.1. The molecule has 1 saturated heterocycles. The van der Waals surface area contributed by atoms with Crippen molar-refractivity contribution in [1.29, 1.82) is 0 Å². The minimum atomic E-state index is -1.24. The molecule has 1 aromatic carbocycles. The van der Waals surface area contributed by atoms with Gasteiger partial charge in [0.1, 0.15) is 41.0 Å². The lowest BCUT2D eigenvalue weighted by molar-refractivity contribution is -0.144. The molecule has 0 radical (unpaired) electrons. The van der Waals surface area contributed by atoms with Crippen molar-refractivity contribution in [3.63, 3.8) is 0 Å². The normalized spacial score (nSPS) is 15.1. The first-order valence-electron chi connectivity index (χ1n) is 25.5. The summed E-state index contributed by atoms with van der Waals surface area (Å²) in [6, 6.07) is 5.95. The van der Waals surface area contributed by atoms with Gasteiger partial charge in [0, 0.05) is 39.0 Å². The number of aryl methyl sites for hydroxylation is 2. The molecule has 4 aromatic heterocycles. The van der Waals surface area contributed by atoms with E-state index in [-0.39, 0.29) is 69.3 Å². The van der Waals surface area contributed by atoms with Crippen LogP contribution in [-0.4, -0.2) is 165 Å². The molecule has 0 aliphatic carbocycles. The molecule has 3 atom stereocenters. The van der Waals surface area contributed by atoms with E-state index in [4.69, 9.17) is 34.3 Å². The number of benzene rings is 1. The van der Waals surface area contributed by atoms with E-state index in [1.54, 1.807) is 36.9 Å². The number of carbonyl (C=O) groups is 4. The third kappa shape index (κ3) is 17.0. The van der Waals surface area contributed by atoms with E-state index in [9.17, 15) is 29.4 Å².